The van der Waals surface area contributed by atoms with Gasteiger partial charge in [-0.3, -0.25) is 19.4 Å². The second-order valence-electron chi connectivity index (χ2n) is 4.14. The summed E-state index contributed by atoms with van der Waals surface area (Å²) >= 11 is 5.74. The van der Waals surface area contributed by atoms with Crippen molar-refractivity contribution < 1.29 is 24.2 Å². The zero-order valence-electron chi connectivity index (χ0n) is 10.8. The molecular formula is C13H14ClNO5. The van der Waals surface area contributed by atoms with Crippen molar-refractivity contribution >= 4 is 29.1 Å². The van der Waals surface area contributed by atoms with Crippen LogP contribution in [0.5, 0.6) is 0 Å². The van der Waals surface area contributed by atoms with Crippen LogP contribution in [-0.4, -0.2) is 41.3 Å². The van der Waals surface area contributed by atoms with Crippen LogP contribution in [0.15, 0.2) is 18.5 Å². The van der Waals surface area contributed by atoms with Gasteiger partial charge in [-0.2, -0.15) is 0 Å². The van der Waals surface area contributed by atoms with Gasteiger partial charge in [-0.15, -0.1) is 0 Å². The monoisotopic (exact) mass is 299 g/mol. The van der Waals surface area contributed by atoms with E-state index in [0.717, 1.165) is 0 Å². The predicted octanol–water partition coefficient (Wildman–Crippen LogP) is 1.61. The van der Waals surface area contributed by atoms with Gasteiger partial charge >= 0.3 is 5.97 Å². The molecule has 0 saturated carbocycles. The van der Waals surface area contributed by atoms with E-state index in [4.69, 9.17) is 21.4 Å². The van der Waals surface area contributed by atoms with Gasteiger partial charge in [-0.25, -0.2) is 0 Å². The molecule has 0 aliphatic heterocycles. The number of carboxylic acids is 1. The number of aliphatic carboxylic acids is 1. The molecule has 1 unspecified atom stereocenters. The molecule has 20 heavy (non-hydrogen) atoms. The molecule has 0 bridgehead atoms. The highest BCUT2D eigenvalue weighted by Crippen LogP contribution is 2.18. The summed E-state index contributed by atoms with van der Waals surface area (Å²) in [6.45, 7) is -0.246. The fourth-order valence-electron chi connectivity index (χ4n) is 1.70. The van der Waals surface area contributed by atoms with E-state index >= 15 is 0 Å². The predicted molar refractivity (Wildman–Crippen MR) is 70.8 cm³/mol. The molecule has 1 N–H and O–H groups in total. The number of pyridine rings is 1. The zero-order valence-corrected chi connectivity index (χ0v) is 11.6. The first-order chi connectivity index (χ1) is 9.45. The van der Waals surface area contributed by atoms with Crippen LogP contribution in [0, 0.1) is 5.92 Å². The molecule has 0 saturated heterocycles. The summed E-state index contributed by atoms with van der Waals surface area (Å²) in [5.74, 6) is -3.09. The third-order valence-electron chi connectivity index (χ3n) is 2.63. The molecule has 1 rings (SSSR count). The Kier molecular flexibility index (Phi) is 6.27. The number of carbonyl (C=O) groups is 3. The van der Waals surface area contributed by atoms with E-state index in [0.29, 0.717) is 0 Å². The van der Waals surface area contributed by atoms with E-state index in [1.54, 1.807) is 0 Å². The molecular weight excluding hydrogens is 286 g/mol. The van der Waals surface area contributed by atoms with Gasteiger partial charge < -0.3 is 9.84 Å². The number of nitrogens with zero attached hydrogens (tertiary/aromatic N) is 1. The minimum atomic E-state index is -1.07. The molecule has 1 aromatic heterocycles. The first-order valence-electron chi connectivity index (χ1n) is 5.84. The third kappa shape index (κ3) is 4.71. The van der Waals surface area contributed by atoms with Crippen molar-refractivity contribution in [2.75, 3.05) is 13.7 Å². The Labute approximate surface area is 120 Å². The van der Waals surface area contributed by atoms with Crippen molar-refractivity contribution in [2.24, 2.45) is 5.92 Å². The highest BCUT2D eigenvalue weighted by atomic mass is 35.5. The van der Waals surface area contributed by atoms with Crippen molar-refractivity contribution in [1.29, 1.82) is 0 Å². The lowest BCUT2D eigenvalue weighted by atomic mass is 9.90. The summed E-state index contributed by atoms with van der Waals surface area (Å²) in [5, 5.41) is 8.95. The highest BCUT2D eigenvalue weighted by Gasteiger charge is 2.28. The minimum Gasteiger partial charge on any atom is -0.481 e. The molecule has 108 valence electrons. The number of carboxylic acid groups (broad SMARTS) is 1. The number of Topliss-reactive ketones (excluding diaryl/α,β-unsaturated/α-hetero) is 2. The van der Waals surface area contributed by atoms with Crippen LogP contribution in [0.25, 0.3) is 0 Å². The van der Waals surface area contributed by atoms with Gasteiger partial charge in [0.15, 0.2) is 11.6 Å². The Bertz CT molecular complexity index is 517. The Morgan fingerprint density at radius 3 is 2.65 bits per heavy atom. The van der Waals surface area contributed by atoms with Crippen LogP contribution in [0.3, 0.4) is 0 Å². The van der Waals surface area contributed by atoms with Gasteiger partial charge in [0.1, 0.15) is 6.61 Å². The summed E-state index contributed by atoms with van der Waals surface area (Å²) < 4.78 is 4.71. The van der Waals surface area contributed by atoms with Crippen molar-refractivity contribution in [3.63, 3.8) is 0 Å². The van der Waals surface area contributed by atoms with Crippen LogP contribution in [0.2, 0.25) is 5.02 Å². The van der Waals surface area contributed by atoms with Crippen LogP contribution in [0.1, 0.15) is 23.2 Å². The second kappa shape index (κ2) is 7.72. The summed E-state index contributed by atoms with van der Waals surface area (Å²) in [4.78, 5) is 38.5. The number of ether oxygens (including phenoxy) is 1. The number of aromatic nitrogens is 1. The molecule has 6 nitrogen and oxygen atoms in total. The molecule has 0 fully saturated rings. The van der Waals surface area contributed by atoms with E-state index < -0.39 is 23.5 Å². The maximum Gasteiger partial charge on any atom is 0.303 e. The summed E-state index contributed by atoms with van der Waals surface area (Å²) in [6, 6.07) is 1.39. The minimum absolute atomic E-state index is 0.0805. The van der Waals surface area contributed by atoms with E-state index in [1.165, 1.54) is 25.6 Å². The Balaban J connectivity index is 2.93. The number of hydrogen-bond acceptors (Lipinski definition) is 5. The standard InChI is InChI=1S/C13H14ClNO5/c1-20-7-11(16)10(2-3-12(17)18)13(19)8-4-9(14)6-15-5-8/h4-6,10H,2-3,7H2,1H3,(H,17,18). The highest BCUT2D eigenvalue weighted by molar-refractivity contribution is 6.31. The van der Waals surface area contributed by atoms with Crippen LogP contribution in [-0.2, 0) is 14.3 Å². The van der Waals surface area contributed by atoms with Gasteiger partial charge in [0, 0.05) is 31.5 Å². The van der Waals surface area contributed by atoms with Crippen molar-refractivity contribution in [3.8, 4) is 0 Å². The maximum absolute atomic E-state index is 12.3. The average molecular weight is 300 g/mol. The van der Waals surface area contributed by atoms with Crippen LogP contribution in [0.4, 0.5) is 0 Å². The van der Waals surface area contributed by atoms with E-state index in [2.05, 4.69) is 4.98 Å². The summed E-state index contributed by atoms with van der Waals surface area (Å²) in [7, 11) is 1.33. The number of carbonyl (C=O) groups excluding carboxylic acids is 2. The SMILES string of the molecule is COCC(=O)C(CCC(=O)O)C(=O)c1cncc(Cl)c1. The topological polar surface area (TPSA) is 93.6 Å². The number of methoxy groups -OCH3 is 1. The first-order valence-corrected chi connectivity index (χ1v) is 6.21. The largest absolute Gasteiger partial charge is 0.481 e. The smallest absolute Gasteiger partial charge is 0.303 e. The van der Waals surface area contributed by atoms with E-state index in [1.807, 2.05) is 0 Å². The molecule has 1 aromatic rings. The van der Waals surface area contributed by atoms with Crippen molar-refractivity contribution in [2.45, 2.75) is 12.8 Å². The van der Waals surface area contributed by atoms with Gasteiger partial charge in [0.2, 0.25) is 0 Å². The fourth-order valence-corrected chi connectivity index (χ4v) is 1.87. The molecule has 0 amide bonds. The Hall–Kier alpha value is -1.79. The Morgan fingerprint density at radius 2 is 2.10 bits per heavy atom. The number of ketones is 2. The van der Waals surface area contributed by atoms with E-state index in [-0.39, 0.29) is 30.0 Å². The normalized spacial score (nSPS) is 11.9. The molecule has 7 heteroatoms. The summed E-state index contributed by atoms with van der Waals surface area (Å²) in [6.07, 6.45) is 2.30. The fraction of sp³-hybridized carbons (Fsp3) is 0.385. The lowest BCUT2D eigenvalue weighted by molar-refractivity contribution is -0.137. The lowest BCUT2D eigenvalue weighted by Crippen LogP contribution is -2.28. The molecule has 1 heterocycles. The van der Waals surface area contributed by atoms with Crippen molar-refractivity contribution in [1.82, 2.24) is 4.98 Å². The van der Waals surface area contributed by atoms with Crippen LogP contribution < -0.4 is 0 Å². The van der Waals surface area contributed by atoms with E-state index in [9.17, 15) is 14.4 Å². The number of rotatable bonds is 8. The van der Waals surface area contributed by atoms with Gasteiger partial charge in [-0.1, -0.05) is 11.6 Å². The third-order valence-corrected chi connectivity index (χ3v) is 2.83. The molecule has 0 spiro atoms. The first kappa shape index (κ1) is 16.3. The zero-order chi connectivity index (χ0) is 15.1. The molecule has 0 aliphatic carbocycles. The maximum atomic E-state index is 12.3. The van der Waals surface area contributed by atoms with Crippen LogP contribution >= 0.6 is 11.6 Å². The molecule has 0 radical (unpaired) electrons. The van der Waals surface area contributed by atoms with Crippen molar-refractivity contribution in [3.05, 3.63) is 29.0 Å². The lowest BCUT2D eigenvalue weighted by Gasteiger charge is -2.13. The van der Waals surface area contributed by atoms with Gasteiger partial charge in [0.25, 0.3) is 0 Å². The quantitative estimate of drug-likeness (QED) is 0.579. The molecule has 0 aromatic carbocycles. The van der Waals surface area contributed by atoms with Gasteiger partial charge in [-0.05, 0) is 12.5 Å². The second-order valence-corrected chi connectivity index (χ2v) is 4.58. The number of halogens is 1. The molecule has 0 aliphatic rings. The molecule has 1 atom stereocenters. The Morgan fingerprint density at radius 1 is 1.40 bits per heavy atom. The van der Waals surface area contributed by atoms with Gasteiger partial charge in [0.05, 0.1) is 10.9 Å². The number of hydrogen-bond donors (Lipinski definition) is 1. The summed E-state index contributed by atoms with van der Waals surface area (Å²) in [5.41, 5.74) is 0.178. The average Bonchev–Trinajstić information content (AvgIpc) is 2.38.